The number of nitrogens with zero attached hydrogens (tertiary/aromatic N) is 5. The Kier molecular flexibility index (Phi) is 6.93. The number of amides is 1. The van der Waals surface area contributed by atoms with E-state index in [9.17, 15) is 19.8 Å². The van der Waals surface area contributed by atoms with Crippen molar-refractivity contribution >= 4 is 23.2 Å². The first-order chi connectivity index (χ1) is 20.3. The molecule has 0 radical (unpaired) electrons. The number of aliphatic hydroxyl groups is 1. The number of likely N-dealkylation sites (tertiary alicyclic amines) is 1. The summed E-state index contributed by atoms with van der Waals surface area (Å²) < 4.78 is 1.63. The molecule has 3 aromatic rings. The van der Waals surface area contributed by atoms with Gasteiger partial charge in [-0.1, -0.05) is 43.3 Å². The smallest absolute Gasteiger partial charge is 0.307 e. The zero-order chi connectivity index (χ0) is 29.0. The van der Waals surface area contributed by atoms with Gasteiger partial charge < -0.3 is 20.4 Å². The molecule has 2 aromatic heterocycles. The second-order valence-electron chi connectivity index (χ2n) is 13.2. The Morgan fingerprint density at radius 3 is 2.29 bits per heavy atom. The predicted octanol–water partition coefficient (Wildman–Crippen LogP) is 3.06. The fourth-order valence-electron chi connectivity index (χ4n) is 8.16. The summed E-state index contributed by atoms with van der Waals surface area (Å²) in [5, 5.41) is 26.8. The second kappa shape index (κ2) is 10.6. The fourth-order valence-corrected chi connectivity index (χ4v) is 8.16. The van der Waals surface area contributed by atoms with Gasteiger partial charge in [0.25, 0.3) is 5.91 Å². The molecule has 4 atom stereocenters. The minimum atomic E-state index is -0.632. The number of aliphatic hydroxyl groups excluding tert-OH is 1. The Labute approximate surface area is 245 Å². The number of carboxylic acids is 1. The molecule has 4 heterocycles. The van der Waals surface area contributed by atoms with Gasteiger partial charge in [0.2, 0.25) is 5.82 Å². The number of pyridine rings is 1. The van der Waals surface area contributed by atoms with E-state index in [-0.39, 0.29) is 35.7 Å². The fraction of sp³-hybridized carbons (Fsp3) is 0.562. The number of carboxylic acid groups (broad SMARTS) is 1. The highest BCUT2D eigenvalue weighted by molar-refractivity contribution is 5.91. The monoisotopic (exact) mass is 572 g/mol. The molecule has 2 saturated heterocycles. The Balaban J connectivity index is 0.000000430. The molecular weight excluding hydrogens is 532 g/mol. The topological polar surface area (TPSA) is 123 Å². The van der Waals surface area contributed by atoms with Crippen LogP contribution < -0.4 is 10.2 Å². The summed E-state index contributed by atoms with van der Waals surface area (Å²) >= 11 is 0. The molecule has 8 rings (SSSR count). The Morgan fingerprint density at radius 1 is 1.05 bits per heavy atom. The first-order valence-electron chi connectivity index (χ1n) is 15.4. The third kappa shape index (κ3) is 4.84. The van der Waals surface area contributed by atoms with Gasteiger partial charge in [-0.15, -0.1) is 5.10 Å². The minimum Gasteiger partial charge on any atom is -0.481 e. The highest BCUT2D eigenvalue weighted by Crippen LogP contribution is 2.61. The summed E-state index contributed by atoms with van der Waals surface area (Å²) in [6.07, 6.45) is 7.33. The molecular formula is C32H40N6O4. The molecule has 3 N–H and O–H groups in total. The van der Waals surface area contributed by atoms with Crippen LogP contribution in [0.3, 0.4) is 0 Å². The van der Waals surface area contributed by atoms with Gasteiger partial charge in [0.05, 0.1) is 24.4 Å². The van der Waals surface area contributed by atoms with E-state index in [2.05, 4.69) is 32.1 Å². The summed E-state index contributed by atoms with van der Waals surface area (Å²) in [5.41, 5.74) is 2.47. The van der Waals surface area contributed by atoms with Crippen molar-refractivity contribution in [3.8, 4) is 0 Å². The van der Waals surface area contributed by atoms with Crippen molar-refractivity contribution in [3.63, 3.8) is 0 Å². The molecule has 222 valence electrons. The number of rotatable bonds is 6. The zero-order valence-corrected chi connectivity index (χ0v) is 24.1. The molecule has 5 aliphatic rings. The van der Waals surface area contributed by atoms with Crippen LogP contribution in [0.25, 0.3) is 5.65 Å². The van der Waals surface area contributed by atoms with Crippen LogP contribution in [-0.2, 0) is 11.4 Å². The van der Waals surface area contributed by atoms with Gasteiger partial charge in [-0.2, -0.15) is 0 Å². The third-order valence-corrected chi connectivity index (χ3v) is 10.5. The van der Waals surface area contributed by atoms with Gasteiger partial charge in [-0.25, -0.2) is 9.50 Å². The maximum Gasteiger partial charge on any atom is 0.307 e. The van der Waals surface area contributed by atoms with Crippen LogP contribution in [-0.4, -0.2) is 79.9 Å². The van der Waals surface area contributed by atoms with E-state index in [0.29, 0.717) is 35.0 Å². The number of aromatic nitrogens is 3. The lowest BCUT2D eigenvalue weighted by molar-refractivity contribution is -0.140. The average molecular weight is 573 g/mol. The van der Waals surface area contributed by atoms with E-state index in [1.807, 2.05) is 48.7 Å². The van der Waals surface area contributed by atoms with Crippen LogP contribution in [0.4, 0.5) is 5.69 Å². The molecule has 2 aliphatic heterocycles. The normalized spacial score (nSPS) is 33.0. The van der Waals surface area contributed by atoms with Crippen LogP contribution in [0.1, 0.15) is 55.2 Å². The lowest BCUT2D eigenvalue weighted by Gasteiger charge is -2.62. The standard InChI is InChI=1S/C26H34N6O4.C6H6/c1-14-3-5-30(9-14)17-6-15(13-33)23-28-22(29-32(23)10-17)24(34)27-16-7-26(8-16)4-2-20(26)31-11-18-19(12-31)21(18)25(35)36;1-2-4-6-5-3-1/h6,10,14,16,18-21,33H,2-5,7-9,11-13H2,1H3,(H,27,34)(H,35,36);1-6H. The summed E-state index contributed by atoms with van der Waals surface area (Å²) in [6.45, 7) is 5.87. The summed E-state index contributed by atoms with van der Waals surface area (Å²) in [5.74, 6) is 0.445. The summed E-state index contributed by atoms with van der Waals surface area (Å²) in [6, 6.07) is 14.6. The van der Waals surface area contributed by atoms with Crippen molar-refractivity contribution < 1.29 is 19.8 Å². The molecule has 0 bridgehead atoms. The molecule has 10 heteroatoms. The first kappa shape index (κ1) is 27.3. The Bertz CT molecular complexity index is 1430. The molecule has 1 aromatic carbocycles. The number of carbonyl (C=O) groups is 2. The van der Waals surface area contributed by atoms with E-state index in [4.69, 9.17) is 0 Å². The molecule has 3 saturated carbocycles. The van der Waals surface area contributed by atoms with Crippen molar-refractivity contribution in [2.45, 2.75) is 57.7 Å². The maximum absolute atomic E-state index is 13.0. The number of hydrogen-bond acceptors (Lipinski definition) is 7. The van der Waals surface area contributed by atoms with Crippen LogP contribution in [0.5, 0.6) is 0 Å². The van der Waals surface area contributed by atoms with Crippen LogP contribution in [0, 0.1) is 29.1 Å². The molecule has 1 amide bonds. The molecule has 5 fully saturated rings. The quantitative estimate of drug-likeness (QED) is 0.412. The predicted molar refractivity (Wildman–Crippen MR) is 157 cm³/mol. The third-order valence-electron chi connectivity index (χ3n) is 10.5. The number of anilines is 1. The lowest BCUT2D eigenvalue weighted by atomic mass is 9.50. The Morgan fingerprint density at radius 2 is 1.74 bits per heavy atom. The number of aliphatic carboxylic acids is 1. The number of hydrogen-bond donors (Lipinski definition) is 3. The largest absolute Gasteiger partial charge is 0.481 e. The highest BCUT2D eigenvalue weighted by atomic mass is 16.4. The van der Waals surface area contributed by atoms with Crippen molar-refractivity contribution in [3.05, 3.63) is 60.0 Å². The van der Waals surface area contributed by atoms with Gasteiger partial charge in [-0.3, -0.25) is 14.5 Å². The average Bonchev–Trinajstić information content (AvgIpc) is 3.35. The van der Waals surface area contributed by atoms with Crippen molar-refractivity contribution in [2.75, 3.05) is 31.1 Å². The van der Waals surface area contributed by atoms with Gasteiger partial charge in [0.15, 0.2) is 5.65 Å². The van der Waals surface area contributed by atoms with Crippen molar-refractivity contribution in [1.82, 2.24) is 24.8 Å². The minimum absolute atomic E-state index is 0.120. The SMILES string of the molecule is CC1CCN(c2cc(CO)c3nc(C(=O)NC4CC5(CCC5N5CC6C(C5)C6C(=O)O)C4)nn3c2)C1.c1ccccc1. The van der Waals surface area contributed by atoms with Crippen LogP contribution in [0.2, 0.25) is 0 Å². The van der Waals surface area contributed by atoms with Crippen LogP contribution in [0.15, 0.2) is 48.7 Å². The van der Waals surface area contributed by atoms with Crippen LogP contribution >= 0.6 is 0 Å². The lowest BCUT2D eigenvalue weighted by Crippen LogP contribution is -2.65. The van der Waals surface area contributed by atoms with Gasteiger partial charge >= 0.3 is 5.97 Å². The van der Waals surface area contributed by atoms with Gasteiger partial charge in [-0.05, 0) is 61.3 Å². The van der Waals surface area contributed by atoms with E-state index in [1.165, 1.54) is 12.8 Å². The van der Waals surface area contributed by atoms with Gasteiger partial charge in [0, 0.05) is 43.8 Å². The van der Waals surface area contributed by atoms with E-state index in [0.717, 1.165) is 51.1 Å². The molecule has 4 unspecified atom stereocenters. The summed E-state index contributed by atoms with van der Waals surface area (Å²) in [7, 11) is 0. The number of piperidine rings is 1. The molecule has 1 spiro atoms. The number of benzene rings is 1. The molecule has 10 nitrogen and oxygen atoms in total. The zero-order valence-electron chi connectivity index (χ0n) is 24.1. The number of fused-ring (bicyclic) bond motifs is 2. The van der Waals surface area contributed by atoms with Gasteiger partial charge in [0.1, 0.15) is 0 Å². The maximum atomic E-state index is 13.0. The summed E-state index contributed by atoms with van der Waals surface area (Å²) in [4.78, 5) is 33.6. The molecule has 42 heavy (non-hydrogen) atoms. The van der Waals surface area contributed by atoms with Crippen molar-refractivity contribution in [1.29, 1.82) is 0 Å². The van der Waals surface area contributed by atoms with Crippen molar-refractivity contribution in [2.24, 2.45) is 29.1 Å². The number of nitrogens with one attached hydrogen (secondary N) is 1. The number of carbonyl (C=O) groups excluding carboxylic acids is 1. The van der Waals surface area contributed by atoms with E-state index < -0.39 is 5.97 Å². The van der Waals surface area contributed by atoms with E-state index in [1.54, 1.807) is 4.52 Å². The molecule has 3 aliphatic carbocycles. The van der Waals surface area contributed by atoms with E-state index >= 15 is 0 Å². The first-order valence-corrected chi connectivity index (χ1v) is 15.4. The highest BCUT2D eigenvalue weighted by Gasteiger charge is 2.64. The Hall–Kier alpha value is -3.50. The second-order valence-corrected chi connectivity index (χ2v) is 13.2.